The van der Waals surface area contributed by atoms with E-state index in [1.165, 1.54) is 27.8 Å². The van der Waals surface area contributed by atoms with Gasteiger partial charge in [-0.15, -0.1) is 0 Å². The number of para-hydroxylation sites is 3. The Balaban J connectivity index is 0.000000410. The summed E-state index contributed by atoms with van der Waals surface area (Å²) in [6.45, 7) is 1.84. The number of aromatic nitrogens is 3. The van der Waals surface area contributed by atoms with Crippen LogP contribution in [0.15, 0.2) is 106 Å². The van der Waals surface area contributed by atoms with Gasteiger partial charge in [-0.3, -0.25) is 23.5 Å². The molecule has 0 saturated heterocycles. The van der Waals surface area contributed by atoms with E-state index in [2.05, 4.69) is 42.9 Å². The average Bonchev–Trinajstić information content (AvgIpc) is 3.14. The van der Waals surface area contributed by atoms with Crippen LogP contribution in [0.4, 0.5) is 0 Å². The van der Waals surface area contributed by atoms with Crippen LogP contribution in [0, 0.1) is 0 Å². The minimum Gasteiger partial charge on any atom is -0.506 e. The summed E-state index contributed by atoms with van der Waals surface area (Å²) in [6, 6.07) is 20.3. The molecule has 0 bridgehead atoms. The van der Waals surface area contributed by atoms with Gasteiger partial charge in [0, 0.05) is 50.7 Å². The van der Waals surface area contributed by atoms with Crippen molar-refractivity contribution in [2.24, 2.45) is 21.1 Å². The number of sulfone groups is 3. The van der Waals surface area contributed by atoms with Crippen LogP contribution in [0.25, 0.3) is 32.7 Å². The molecule has 6 rings (SSSR count). The van der Waals surface area contributed by atoms with Crippen molar-refractivity contribution in [3.63, 3.8) is 0 Å². The molecule has 18 nitrogen and oxygen atoms in total. The van der Waals surface area contributed by atoms with E-state index < -0.39 is 79.6 Å². The Morgan fingerprint density at radius 1 is 0.683 bits per heavy atom. The topological polar surface area (TPSA) is 262 Å². The SMILES string of the molecule is C.CCOC(=O)CS(C)(=O)=O.Cn1c(=O)c(S(C)(=O)=O)c(Cl)c2ccccc21.Cn1c(=O)c(S(C)(=O)=O)c(O)c2ccccc21.Cn1c(=O)oc(=O)c2ccccc21.O=P(Cl)(Cl)Cl. The molecule has 346 valence electrons. The normalized spacial score (nSPS) is 11.3. The van der Waals surface area contributed by atoms with E-state index in [0.29, 0.717) is 32.7 Å². The summed E-state index contributed by atoms with van der Waals surface area (Å²) in [6.07, 6.45) is 2.87. The Bertz CT molecular complexity index is 3150. The van der Waals surface area contributed by atoms with Crippen LogP contribution in [0.2, 0.25) is 5.02 Å². The minimum atomic E-state index is -3.76. The fraction of sp³-hybridized carbons (Fsp3) is 0.270. The van der Waals surface area contributed by atoms with Crippen LogP contribution in [0.1, 0.15) is 14.4 Å². The Kier molecular flexibility index (Phi) is 20.6. The predicted molar refractivity (Wildman–Crippen MR) is 247 cm³/mol. The van der Waals surface area contributed by atoms with Crippen molar-refractivity contribution in [1.29, 1.82) is 0 Å². The van der Waals surface area contributed by atoms with Crippen molar-refractivity contribution in [2.45, 2.75) is 24.1 Å². The molecule has 3 heterocycles. The Morgan fingerprint density at radius 2 is 1.05 bits per heavy atom. The highest BCUT2D eigenvalue weighted by Gasteiger charge is 2.23. The zero-order valence-electron chi connectivity index (χ0n) is 33.5. The molecule has 0 aliphatic heterocycles. The molecule has 0 atom stereocenters. The molecule has 63 heavy (non-hydrogen) atoms. The van der Waals surface area contributed by atoms with Crippen molar-refractivity contribution < 1.29 is 48.9 Å². The van der Waals surface area contributed by atoms with Crippen molar-refractivity contribution >= 4 is 119 Å². The summed E-state index contributed by atoms with van der Waals surface area (Å²) in [5.74, 6) is -2.33. The highest BCUT2D eigenvalue weighted by molar-refractivity contribution is 8.24. The van der Waals surface area contributed by atoms with E-state index >= 15 is 0 Å². The number of rotatable bonds is 5. The molecular weight excluding hydrogens is 995 g/mol. The quantitative estimate of drug-likeness (QED) is 0.159. The second kappa shape index (κ2) is 22.9. The summed E-state index contributed by atoms with van der Waals surface area (Å²) in [5, 5.41) is 7.98. The first kappa shape index (κ1) is 56.5. The summed E-state index contributed by atoms with van der Waals surface area (Å²) < 4.78 is 89.2. The Labute approximate surface area is 380 Å². The molecule has 6 aromatic rings. The predicted octanol–water partition coefficient (Wildman–Crippen LogP) is 5.78. The minimum absolute atomic E-state index is 0. The van der Waals surface area contributed by atoms with E-state index in [-0.39, 0.29) is 24.0 Å². The lowest BCUT2D eigenvalue weighted by Gasteiger charge is -2.10. The number of pyridine rings is 2. The summed E-state index contributed by atoms with van der Waals surface area (Å²) in [7, 11) is -6.07. The van der Waals surface area contributed by atoms with Gasteiger partial charge in [-0.1, -0.05) is 61.5 Å². The van der Waals surface area contributed by atoms with Gasteiger partial charge in [-0.25, -0.2) is 34.8 Å². The molecule has 3 aromatic heterocycles. The summed E-state index contributed by atoms with van der Waals surface area (Å²) in [5.41, 5.74) is -0.223. The van der Waals surface area contributed by atoms with Crippen molar-refractivity contribution in [2.75, 3.05) is 31.1 Å². The lowest BCUT2D eigenvalue weighted by atomic mass is 10.2. The smallest absolute Gasteiger partial charge is 0.422 e. The number of hydrogen-bond acceptors (Lipinski definition) is 15. The Hall–Kier alpha value is -4.47. The zero-order valence-corrected chi connectivity index (χ0v) is 39.9. The molecule has 26 heteroatoms. The van der Waals surface area contributed by atoms with Crippen molar-refractivity contribution in [3.8, 4) is 5.75 Å². The molecule has 0 aliphatic rings. The van der Waals surface area contributed by atoms with Crippen LogP contribution in [0.3, 0.4) is 0 Å². The second-order valence-corrected chi connectivity index (χ2v) is 25.7. The number of halogens is 4. The number of benzene rings is 3. The van der Waals surface area contributed by atoms with Gasteiger partial charge in [0.05, 0.1) is 33.6 Å². The van der Waals surface area contributed by atoms with Crippen LogP contribution in [-0.4, -0.2) is 81.2 Å². The molecule has 3 aromatic carbocycles. The summed E-state index contributed by atoms with van der Waals surface area (Å²) in [4.78, 5) is 55.6. The third kappa shape index (κ3) is 16.2. The van der Waals surface area contributed by atoms with Crippen molar-refractivity contribution in [3.05, 3.63) is 119 Å². The summed E-state index contributed by atoms with van der Waals surface area (Å²) >= 11 is 19.9. The largest absolute Gasteiger partial charge is 0.506 e. The first-order valence-corrected chi connectivity index (χ1v) is 27.6. The first-order chi connectivity index (χ1) is 28.3. The van der Waals surface area contributed by atoms with E-state index in [1.807, 2.05) is 0 Å². The molecule has 0 spiro atoms. The fourth-order valence-corrected chi connectivity index (χ4v) is 8.17. The van der Waals surface area contributed by atoms with E-state index in [0.717, 1.165) is 18.8 Å². The van der Waals surface area contributed by atoms with Gasteiger partial charge in [0.2, 0.25) is 0 Å². The second-order valence-electron chi connectivity index (χ2n) is 12.6. The molecule has 0 radical (unpaired) electrons. The van der Waals surface area contributed by atoms with Gasteiger partial charge >= 0.3 is 22.6 Å². The van der Waals surface area contributed by atoms with Gasteiger partial charge in [-0.2, -0.15) is 0 Å². The van der Waals surface area contributed by atoms with Crippen LogP contribution < -0.4 is 22.5 Å². The van der Waals surface area contributed by atoms with E-state index in [4.69, 9.17) is 11.6 Å². The molecule has 0 unspecified atom stereocenters. The molecular formula is C37H42Cl4N3O15PS3. The number of aryl methyl sites for hydroxylation is 3. The molecule has 0 saturated carbocycles. The monoisotopic (exact) mass is 1040 g/mol. The van der Waals surface area contributed by atoms with Crippen LogP contribution >= 0.6 is 50.5 Å². The zero-order chi connectivity index (χ0) is 47.7. The number of carbonyl (C=O) groups is 1. The number of aromatic hydroxyl groups is 1. The van der Waals surface area contributed by atoms with Gasteiger partial charge < -0.3 is 23.4 Å². The van der Waals surface area contributed by atoms with Crippen LogP contribution in [-0.2, 0) is 64.8 Å². The third-order valence-corrected chi connectivity index (χ3v) is 11.3. The van der Waals surface area contributed by atoms with Gasteiger partial charge in [0.1, 0.15) is 11.5 Å². The third-order valence-electron chi connectivity index (χ3n) is 7.80. The number of esters is 1. The standard InChI is InChI=1S/C11H10ClNO3S.C11H11NO4S.C9H7NO3.C5H10O4S.CH4.Cl3OP/c1-13-8-6-4-3-5-7(8)9(12)10(11(13)14)17(2,15)16;1-12-8-6-4-3-5-7(8)9(13)10(11(12)14)17(2,15)16;1-10-7-5-3-2-4-6(7)8(11)13-9(10)12;1-3-9-5(6)4-10(2,7)8;;1-5(2,3)4/h3-6H,1-2H3;3-6,13H,1-2H3;2-5H,1H3;3-4H2,1-2H3;1H4;. The number of nitrogens with zero attached hydrogens (tertiary/aromatic N) is 3. The maximum atomic E-state index is 11.9. The lowest BCUT2D eigenvalue weighted by Crippen LogP contribution is -2.24. The highest BCUT2D eigenvalue weighted by Crippen LogP contribution is 2.61. The lowest BCUT2D eigenvalue weighted by molar-refractivity contribution is -0.139. The van der Waals surface area contributed by atoms with Gasteiger partial charge in [0.25, 0.3) is 11.1 Å². The molecule has 0 aliphatic carbocycles. The number of ether oxygens (including phenoxy) is 1. The maximum Gasteiger partial charge on any atom is 0.422 e. The highest BCUT2D eigenvalue weighted by atomic mass is 36.0. The number of hydrogen-bond donors (Lipinski definition) is 1. The molecule has 1 N–H and O–H groups in total. The Morgan fingerprint density at radius 3 is 1.46 bits per heavy atom. The molecule has 0 amide bonds. The maximum absolute atomic E-state index is 11.9. The van der Waals surface area contributed by atoms with Crippen LogP contribution in [0.5, 0.6) is 5.75 Å². The first-order valence-electron chi connectivity index (χ1n) is 16.9. The number of carbonyl (C=O) groups excluding carboxylic acids is 1. The number of fused-ring (bicyclic) bond motifs is 3. The van der Waals surface area contributed by atoms with Crippen molar-refractivity contribution in [1.82, 2.24) is 13.7 Å². The van der Waals surface area contributed by atoms with Gasteiger partial charge in [-0.05, 0) is 71.0 Å². The molecule has 0 fully saturated rings. The van der Waals surface area contributed by atoms with Gasteiger partial charge in [0.15, 0.2) is 39.3 Å². The van der Waals surface area contributed by atoms with E-state index in [9.17, 15) is 58.9 Å². The fourth-order valence-electron chi connectivity index (χ4n) is 5.19. The average molecular weight is 1040 g/mol. The van der Waals surface area contributed by atoms with E-state index in [1.54, 1.807) is 86.8 Å².